The minimum atomic E-state index is 0.590. The fraction of sp³-hybridized carbons (Fsp3) is 0.0345. The third-order valence-electron chi connectivity index (χ3n) is 12.6. The van der Waals surface area contributed by atoms with Crippen molar-refractivity contribution in [1.29, 1.82) is 0 Å². The molecule has 0 spiro atoms. The molecule has 13 rings (SSSR count). The monoisotopic (exact) mass is 834 g/mol. The maximum atomic E-state index is 6.56. The molecule has 7 heteroatoms. The van der Waals surface area contributed by atoms with Gasteiger partial charge in [-0.1, -0.05) is 127 Å². The number of hydrogen-bond acceptors (Lipinski definition) is 5. The predicted molar refractivity (Wildman–Crippen MR) is 263 cm³/mol. The van der Waals surface area contributed by atoms with Crippen molar-refractivity contribution in [3.05, 3.63) is 212 Å². The first-order chi connectivity index (χ1) is 32.2. The normalized spacial score (nSPS) is 12.4. The van der Waals surface area contributed by atoms with Crippen LogP contribution >= 0.6 is 0 Å². The van der Waals surface area contributed by atoms with E-state index < -0.39 is 0 Å². The van der Waals surface area contributed by atoms with Gasteiger partial charge in [-0.25, -0.2) is 19.9 Å². The zero-order chi connectivity index (χ0) is 42.8. The first kappa shape index (κ1) is 36.9. The summed E-state index contributed by atoms with van der Waals surface area (Å²) in [6.45, 7) is 0. The zero-order valence-corrected chi connectivity index (χ0v) is 35.1. The molecule has 12 aromatic rings. The molecule has 0 fully saturated rings. The molecule has 65 heavy (non-hydrogen) atoms. The second kappa shape index (κ2) is 15.0. The second-order valence-electron chi connectivity index (χ2n) is 16.5. The Balaban J connectivity index is 0.993. The summed E-state index contributed by atoms with van der Waals surface area (Å²) in [5.74, 6) is 2.77. The zero-order valence-electron chi connectivity index (χ0n) is 35.1. The van der Waals surface area contributed by atoms with Crippen molar-refractivity contribution in [2.24, 2.45) is 0 Å². The molecular weight excluding hydrogens is 797 g/mol. The van der Waals surface area contributed by atoms with Gasteiger partial charge in [-0.15, -0.1) is 0 Å². The Kier molecular flexibility index (Phi) is 8.52. The molecule has 0 radical (unpaired) electrons. The van der Waals surface area contributed by atoms with Crippen LogP contribution in [0.1, 0.15) is 17.8 Å². The Morgan fingerprint density at radius 1 is 0.415 bits per heavy atom. The number of hydrogen-bond donors (Lipinski definition) is 0. The highest BCUT2D eigenvalue weighted by Crippen LogP contribution is 2.41. The molecule has 0 atom stereocenters. The average Bonchev–Trinajstić information content (AvgIpc) is 4.06. The summed E-state index contributed by atoms with van der Waals surface area (Å²) in [5, 5.41) is 4.28. The van der Waals surface area contributed by atoms with Crippen molar-refractivity contribution in [2.45, 2.75) is 12.8 Å². The van der Waals surface area contributed by atoms with E-state index in [0.29, 0.717) is 17.5 Å². The van der Waals surface area contributed by atoms with Gasteiger partial charge in [-0.05, 0) is 103 Å². The van der Waals surface area contributed by atoms with Crippen LogP contribution in [0.15, 0.2) is 205 Å². The summed E-state index contributed by atoms with van der Waals surface area (Å²) in [6, 6.07) is 67.7. The molecule has 0 aliphatic heterocycles. The van der Waals surface area contributed by atoms with E-state index in [4.69, 9.17) is 24.4 Å². The number of furan rings is 1. The Bertz CT molecular complexity index is 3750. The van der Waals surface area contributed by atoms with Crippen LogP contribution in [0.4, 0.5) is 0 Å². The van der Waals surface area contributed by atoms with E-state index in [2.05, 4.69) is 143 Å². The summed E-state index contributed by atoms with van der Waals surface area (Å²) in [6.07, 6.45) is 6.35. The summed E-state index contributed by atoms with van der Waals surface area (Å²) >= 11 is 0. The summed E-state index contributed by atoms with van der Waals surface area (Å²) in [7, 11) is 0. The maximum Gasteiger partial charge on any atom is 0.164 e. The van der Waals surface area contributed by atoms with Gasteiger partial charge in [-0.2, -0.15) is 0 Å². The summed E-state index contributed by atoms with van der Waals surface area (Å²) in [4.78, 5) is 20.4. The molecule has 4 heterocycles. The first-order valence-electron chi connectivity index (χ1n) is 22.0. The SMILES string of the molecule is C1=Cc2nc(-c3ccc4c(c3)c3cc(-c5ccc6oc7cccc(-c8nc(-c9ccccc9)nc(-c9ccccc9)n8)c7c6c5)ccc3n4-c3ccccc3)n(-c3ccccc3)c2CC1. The van der Waals surface area contributed by atoms with Crippen molar-refractivity contribution in [1.82, 2.24) is 29.1 Å². The number of aromatic nitrogens is 6. The highest BCUT2D eigenvalue weighted by Gasteiger charge is 2.23. The van der Waals surface area contributed by atoms with Crippen LogP contribution in [0, 0.1) is 0 Å². The number of allylic oxidation sites excluding steroid dienone is 1. The standard InChI is InChI=1S/C58H38N6O/c1-5-16-37(17-6-1)55-60-56(38-18-7-2-8-19-38)62-57(61-55)44-24-15-27-53-54(44)47-35-40(30-33-52(47)65-53)39-28-31-49-45(34-39)46-36-41(29-32-50(46)63(49)42-20-9-3-10-21-42)58-59-48-25-13-14-26-51(48)64(58)43-22-11-4-12-23-43/h1-13,15-25,27-36H,14,26H2. The van der Waals surface area contributed by atoms with Crippen LogP contribution in [-0.4, -0.2) is 29.1 Å². The fourth-order valence-corrected chi connectivity index (χ4v) is 9.63. The molecule has 0 unspecified atom stereocenters. The number of nitrogens with zero attached hydrogens (tertiary/aromatic N) is 6. The third kappa shape index (κ3) is 6.20. The molecule has 0 saturated heterocycles. The minimum absolute atomic E-state index is 0.590. The highest BCUT2D eigenvalue weighted by atomic mass is 16.3. The van der Waals surface area contributed by atoms with Crippen molar-refractivity contribution >= 4 is 49.8 Å². The molecule has 7 nitrogen and oxygen atoms in total. The smallest absolute Gasteiger partial charge is 0.164 e. The van der Waals surface area contributed by atoms with Crippen molar-refractivity contribution in [2.75, 3.05) is 0 Å². The molecule has 306 valence electrons. The number of para-hydroxylation sites is 2. The van der Waals surface area contributed by atoms with Crippen LogP contribution in [0.25, 0.3) is 118 Å². The van der Waals surface area contributed by atoms with E-state index in [1.807, 2.05) is 72.8 Å². The third-order valence-corrected chi connectivity index (χ3v) is 12.6. The summed E-state index contributed by atoms with van der Waals surface area (Å²) in [5.41, 5.74) is 14.4. The molecule has 0 bridgehead atoms. The molecule has 4 aromatic heterocycles. The molecular formula is C58H38N6O. The van der Waals surface area contributed by atoms with Crippen LogP contribution in [0.2, 0.25) is 0 Å². The fourth-order valence-electron chi connectivity index (χ4n) is 9.63. The minimum Gasteiger partial charge on any atom is -0.456 e. The number of benzene rings is 8. The van der Waals surface area contributed by atoms with E-state index in [1.54, 1.807) is 0 Å². The second-order valence-corrected chi connectivity index (χ2v) is 16.5. The predicted octanol–water partition coefficient (Wildman–Crippen LogP) is 14.3. The van der Waals surface area contributed by atoms with Gasteiger partial charge >= 0.3 is 0 Å². The molecule has 1 aliphatic rings. The van der Waals surface area contributed by atoms with Crippen LogP contribution in [-0.2, 0) is 6.42 Å². The Hall–Kier alpha value is -8.68. The summed E-state index contributed by atoms with van der Waals surface area (Å²) < 4.78 is 11.3. The quantitative estimate of drug-likeness (QED) is 0.160. The van der Waals surface area contributed by atoms with Gasteiger partial charge in [0.1, 0.15) is 17.0 Å². The number of rotatable bonds is 7. The van der Waals surface area contributed by atoms with Crippen molar-refractivity contribution in [3.8, 4) is 68.1 Å². The molecule has 1 aliphatic carbocycles. The maximum absolute atomic E-state index is 6.56. The Morgan fingerprint density at radius 2 is 0.969 bits per heavy atom. The van der Waals surface area contributed by atoms with Gasteiger partial charge in [0, 0.05) is 55.2 Å². The number of fused-ring (bicyclic) bond motifs is 7. The average molecular weight is 835 g/mol. The van der Waals surface area contributed by atoms with E-state index >= 15 is 0 Å². The largest absolute Gasteiger partial charge is 0.456 e. The topological polar surface area (TPSA) is 74.6 Å². The van der Waals surface area contributed by atoms with Crippen molar-refractivity contribution in [3.63, 3.8) is 0 Å². The number of imidazole rings is 1. The molecule has 0 saturated carbocycles. The van der Waals surface area contributed by atoms with E-state index in [1.165, 1.54) is 5.69 Å². The Labute approximate surface area is 374 Å². The van der Waals surface area contributed by atoms with Crippen molar-refractivity contribution < 1.29 is 4.42 Å². The van der Waals surface area contributed by atoms with Crippen LogP contribution < -0.4 is 0 Å². The van der Waals surface area contributed by atoms with E-state index in [0.717, 1.165) is 113 Å². The van der Waals surface area contributed by atoms with Crippen LogP contribution in [0.3, 0.4) is 0 Å². The molecule has 0 amide bonds. The van der Waals surface area contributed by atoms with Gasteiger partial charge in [-0.3, -0.25) is 4.57 Å². The highest BCUT2D eigenvalue weighted by molar-refractivity contribution is 6.14. The molecule has 8 aromatic carbocycles. The van der Waals surface area contributed by atoms with Gasteiger partial charge in [0.2, 0.25) is 0 Å². The van der Waals surface area contributed by atoms with Crippen LogP contribution in [0.5, 0.6) is 0 Å². The van der Waals surface area contributed by atoms with E-state index in [9.17, 15) is 0 Å². The lowest BCUT2D eigenvalue weighted by atomic mass is 9.99. The van der Waals surface area contributed by atoms with Gasteiger partial charge in [0.25, 0.3) is 0 Å². The molecule has 0 N–H and O–H groups in total. The van der Waals surface area contributed by atoms with Gasteiger partial charge < -0.3 is 8.98 Å². The lowest BCUT2D eigenvalue weighted by molar-refractivity contribution is 0.669. The lowest BCUT2D eigenvalue weighted by Crippen LogP contribution is -2.04. The van der Waals surface area contributed by atoms with E-state index in [-0.39, 0.29) is 0 Å². The first-order valence-corrected chi connectivity index (χ1v) is 22.0. The van der Waals surface area contributed by atoms with Gasteiger partial charge in [0.05, 0.1) is 22.4 Å². The Morgan fingerprint density at radius 3 is 1.63 bits per heavy atom. The lowest BCUT2D eigenvalue weighted by Gasteiger charge is -2.14. The van der Waals surface area contributed by atoms with Gasteiger partial charge in [0.15, 0.2) is 17.5 Å².